The number of pyridine rings is 1. The van der Waals surface area contributed by atoms with Crippen molar-refractivity contribution in [3.63, 3.8) is 0 Å². The van der Waals surface area contributed by atoms with E-state index in [9.17, 15) is 24.8 Å². The number of aromatic carboxylic acids is 1. The second-order valence-electron chi connectivity index (χ2n) is 6.54. The third kappa shape index (κ3) is 4.88. The molecule has 0 bridgehead atoms. The van der Waals surface area contributed by atoms with Gasteiger partial charge in [0.05, 0.1) is 27.8 Å². The van der Waals surface area contributed by atoms with Crippen LogP contribution in [0.1, 0.15) is 47.4 Å². The molecule has 144 valence electrons. The van der Waals surface area contributed by atoms with Crippen LogP contribution in [0.25, 0.3) is 11.3 Å². The lowest BCUT2D eigenvalue weighted by Crippen LogP contribution is -2.28. The molecule has 0 fully saturated rings. The van der Waals surface area contributed by atoms with Crippen LogP contribution in [0, 0.1) is 21.4 Å². The number of hydrogen-bond acceptors (Lipinski definition) is 7. The van der Waals surface area contributed by atoms with Crippen LogP contribution in [0.3, 0.4) is 0 Å². The van der Waals surface area contributed by atoms with Crippen LogP contribution in [0.2, 0.25) is 0 Å². The number of carbonyl (C=O) groups excluding carboxylic acids is 1. The van der Waals surface area contributed by atoms with E-state index in [1.807, 2.05) is 6.07 Å². The molecule has 2 aromatic rings. The van der Waals surface area contributed by atoms with Gasteiger partial charge in [0, 0.05) is 30.3 Å². The van der Waals surface area contributed by atoms with Crippen molar-refractivity contribution in [1.82, 2.24) is 4.98 Å². The number of carboxylic acids is 1. The molecule has 1 aromatic heterocycles. The maximum absolute atomic E-state index is 12.7. The molecule has 9 nitrogen and oxygen atoms in total. The molecular weight excluding hydrogens is 366 g/mol. The zero-order valence-electron chi connectivity index (χ0n) is 15.2. The zero-order valence-corrected chi connectivity index (χ0v) is 15.2. The molecule has 2 rings (SSSR count). The van der Waals surface area contributed by atoms with Gasteiger partial charge in [-0.15, -0.1) is 0 Å². The number of rotatable bonds is 7. The van der Waals surface area contributed by atoms with Gasteiger partial charge in [-0.2, -0.15) is 5.26 Å². The number of nitro groups is 1. The maximum atomic E-state index is 12.7. The lowest BCUT2D eigenvalue weighted by Gasteiger charge is -2.24. The van der Waals surface area contributed by atoms with Crippen LogP contribution >= 0.6 is 0 Å². The van der Waals surface area contributed by atoms with E-state index in [0.29, 0.717) is 0 Å². The number of non-ortho nitro benzene ring substituents is 1. The lowest BCUT2D eigenvalue weighted by molar-refractivity contribution is -0.384. The molecule has 1 aromatic carbocycles. The second-order valence-corrected chi connectivity index (χ2v) is 6.54. The fourth-order valence-electron chi connectivity index (χ4n) is 2.45. The van der Waals surface area contributed by atoms with Gasteiger partial charge in [0.25, 0.3) is 5.69 Å². The Morgan fingerprint density at radius 2 is 2.07 bits per heavy atom. The molecule has 0 amide bonds. The molecular formula is C19H17N3O6. The first-order valence-corrected chi connectivity index (χ1v) is 8.23. The fraction of sp³-hybridized carbons (Fsp3) is 0.263. The molecule has 0 saturated heterocycles. The summed E-state index contributed by atoms with van der Waals surface area (Å²) in [6, 6.07) is 8.57. The highest BCUT2D eigenvalue weighted by Crippen LogP contribution is 2.28. The van der Waals surface area contributed by atoms with Gasteiger partial charge in [0.15, 0.2) is 0 Å². The van der Waals surface area contributed by atoms with Crippen molar-refractivity contribution in [1.29, 1.82) is 5.26 Å². The smallest absolute Gasteiger partial charge is 0.340 e. The number of ether oxygens (including phenoxy) is 1. The SMILES string of the molecule is CC(C)(CCC#N)OC(=O)c1cc(C(=O)O)cnc1-c1cccc([N+](=O)[O-])c1. The Morgan fingerprint density at radius 3 is 2.68 bits per heavy atom. The van der Waals surface area contributed by atoms with E-state index in [0.717, 1.165) is 12.3 Å². The highest BCUT2D eigenvalue weighted by Gasteiger charge is 2.27. The Balaban J connectivity index is 2.52. The average Bonchev–Trinajstić information content (AvgIpc) is 2.65. The van der Waals surface area contributed by atoms with Crippen molar-refractivity contribution in [2.45, 2.75) is 32.3 Å². The Bertz CT molecular complexity index is 978. The van der Waals surface area contributed by atoms with Gasteiger partial charge in [0.1, 0.15) is 5.60 Å². The van der Waals surface area contributed by atoms with Crippen molar-refractivity contribution in [2.24, 2.45) is 0 Å². The minimum Gasteiger partial charge on any atom is -0.478 e. The van der Waals surface area contributed by atoms with Crippen molar-refractivity contribution in [3.05, 3.63) is 57.8 Å². The zero-order chi connectivity index (χ0) is 20.9. The highest BCUT2D eigenvalue weighted by molar-refractivity contribution is 5.99. The van der Waals surface area contributed by atoms with Crippen LogP contribution in [0.5, 0.6) is 0 Å². The van der Waals surface area contributed by atoms with Gasteiger partial charge in [-0.25, -0.2) is 9.59 Å². The fourth-order valence-corrected chi connectivity index (χ4v) is 2.45. The van der Waals surface area contributed by atoms with Crippen molar-refractivity contribution in [3.8, 4) is 17.3 Å². The van der Waals surface area contributed by atoms with Gasteiger partial charge >= 0.3 is 11.9 Å². The Labute approximate surface area is 160 Å². The molecule has 1 heterocycles. The molecule has 0 aliphatic rings. The molecule has 0 radical (unpaired) electrons. The third-order valence-corrected chi connectivity index (χ3v) is 3.89. The number of nitrogens with zero attached hydrogens (tertiary/aromatic N) is 3. The van der Waals surface area contributed by atoms with Gasteiger partial charge in [-0.1, -0.05) is 12.1 Å². The van der Waals surface area contributed by atoms with Gasteiger partial charge in [0.2, 0.25) is 0 Å². The first kappa shape index (κ1) is 20.5. The van der Waals surface area contributed by atoms with Crippen molar-refractivity contribution >= 4 is 17.6 Å². The monoisotopic (exact) mass is 383 g/mol. The number of hydrogen-bond donors (Lipinski definition) is 1. The summed E-state index contributed by atoms with van der Waals surface area (Å²) in [5.74, 6) is -2.11. The molecule has 28 heavy (non-hydrogen) atoms. The van der Waals surface area contributed by atoms with E-state index >= 15 is 0 Å². The summed E-state index contributed by atoms with van der Waals surface area (Å²) < 4.78 is 5.44. The van der Waals surface area contributed by atoms with Gasteiger partial charge < -0.3 is 9.84 Å². The largest absolute Gasteiger partial charge is 0.478 e. The van der Waals surface area contributed by atoms with Gasteiger partial charge in [-0.05, 0) is 26.3 Å². The molecule has 9 heteroatoms. The first-order valence-electron chi connectivity index (χ1n) is 8.23. The normalized spacial score (nSPS) is 10.8. The van der Waals surface area contributed by atoms with Crippen LogP contribution in [-0.4, -0.2) is 32.6 Å². The van der Waals surface area contributed by atoms with Crippen LogP contribution in [0.15, 0.2) is 36.5 Å². The molecule has 0 saturated carbocycles. The number of carboxylic acid groups (broad SMARTS) is 1. The Kier molecular flexibility index (Phi) is 6.05. The number of nitro benzene ring substituents is 1. The molecule has 1 N–H and O–H groups in total. The van der Waals surface area contributed by atoms with Gasteiger partial charge in [-0.3, -0.25) is 15.1 Å². The molecule has 0 spiro atoms. The summed E-state index contributed by atoms with van der Waals surface area (Å²) in [7, 11) is 0. The predicted octanol–water partition coefficient (Wildman–Crippen LogP) is 3.59. The summed E-state index contributed by atoms with van der Waals surface area (Å²) >= 11 is 0. The van der Waals surface area contributed by atoms with Crippen molar-refractivity contribution in [2.75, 3.05) is 0 Å². The van der Waals surface area contributed by atoms with E-state index in [1.165, 1.54) is 24.3 Å². The topological polar surface area (TPSA) is 143 Å². The van der Waals surface area contributed by atoms with E-state index in [-0.39, 0.29) is 40.9 Å². The first-order chi connectivity index (χ1) is 13.1. The summed E-state index contributed by atoms with van der Waals surface area (Å²) in [6.45, 7) is 3.26. The summed E-state index contributed by atoms with van der Waals surface area (Å²) in [4.78, 5) is 38.5. The quantitative estimate of drug-likeness (QED) is 0.434. The van der Waals surface area contributed by atoms with E-state index in [1.54, 1.807) is 13.8 Å². The number of benzene rings is 1. The molecule has 0 aliphatic carbocycles. The number of esters is 1. The van der Waals surface area contributed by atoms with Crippen LogP contribution in [0.4, 0.5) is 5.69 Å². The van der Waals surface area contributed by atoms with E-state index < -0.39 is 22.5 Å². The van der Waals surface area contributed by atoms with Crippen LogP contribution in [-0.2, 0) is 4.74 Å². The Hall–Kier alpha value is -3.80. The molecule has 0 atom stereocenters. The number of carbonyl (C=O) groups is 2. The van der Waals surface area contributed by atoms with E-state index in [4.69, 9.17) is 10.00 Å². The third-order valence-electron chi connectivity index (χ3n) is 3.89. The Morgan fingerprint density at radius 1 is 1.36 bits per heavy atom. The highest BCUT2D eigenvalue weighted by atomic mass is 16.6. The standard InChI is InChI=1S/C19H17N3O6/c1-19(2,7-4-8-20)28-18(25)15-10-13(17(23)24)11-21-16(15)12-5-3-6-14(9-12)22(26)27/h3,5-6,9-11H,4,7H2,1-2H3,(H,23,24). The van der Waals surface area contributed by atoms with Crippen molar-refractivity contribution < 1.29 is 24.4 Å². The summed E-state index contributed by atoms with van der Waals surface area (Å²) in [5, 5.41) is 28.9. The predicted molar refractivity (Wildman–Crippen MR) is 97.6 cm³/mol. The second kappa shape index (κ2) is 8.26. The van der Waals surface area contributed by atoms with Crippen LogP contribution < -0.4 is 0 Å². The lowest BCUT2D eigenvalue weighted by atomic mass is 10.0. The maximum Gasteiger partial charge on any atom is 0.340 e. The summed E-state index contributed by atoms with van der Waals surface area (Å²) in [5.41, 5.74) is -1.19. The molecule has 0 aliphatic heterocycles. The number of nitriles is 1. The number of aromatic nitrogens is 1. The van der Waals surface area contributed by atoms with E-state index in [2.05, 4.69) is 4.98 Å². The minimum atomic E-state index is -1.28. The molecule has 0 unspecified atom stereocenters. The average molecular weight is 383 g/mol. The minimum absolute atomic E-state index is 0.0646. The summed E-state index contributed by atoms with van der Waals surface area (Å²) in [6.07, 6.45) is 1.52.